The van der Waals surface area contributed by atoms with Gasteiger partial charge in [-0.1, -0.05) is 29.8 Å². The smallest absolute Gasteiger partial charge is 0.332 e. The van der Waals surface area contributed by atoms with Crippen LogP contribution in [0.25, 0.3) is 27.9 Å². The van der Waals surface area contributed by atoms with Crippen LogP contribution >= 0.6 is 11.6 Å². The molecule has 0 atom stereocenters. The number of aromatic nitrogens is 3. The fourth-order valence-electron chi connectivity index (χ4n) is 5.40. The number of methoxy groups -OCH3 is 1. The Morgan fingerprint density at radius 3 is 2.20 bits per heavy atom. The van der Waals surface area contributed by atoms with Crippen LogP contribution in [0.15, 0.2) is 70.6 Å². The van der Waals surface area contributed by atoms with Crippen LogP contribution in [0.4, 0.5) is 5.69 Å². The molecule has 0 unspecified atom stereocenters. The van der Waals surface area contributed by atoms with Gasteiger partial charge in [-0.15, -0.1) is 0 Å². The van der Waals surface area contributed by atoms with E-state index in [-0.39, 0.29) is 16.8 Å². The molecule has 0 amide bonds. The van der Waals surface area contributed by atoms with E-state index >= 15 is 0 Å². The molecule has 2 aromatic heterocycles. The molecule has 0 bridgehead atoms. The summed E-state index contributed by atoms with van der Waals surface area (Å²) in [6.07, 6.45) is 5.14. The van der Waals surface area contributed by atoms with Crippen LogP contribution < -0.4 is 20.9 Å². The summed E-state index contributed by atoms with van der Waals surface area (Å²) in [7, 11) is 5.01. The van der Waals surface area contributed by atoms with E-state index in [9.17, 15) is 9.59 Å². The second-order valence-corrected chi connectivity index (χ2v) is 11.7. The molecule has 0 aliphatic carbocycles. The minimum Gasteiger partial charge on any atom is -0.495 e. The van der Waals surface area contributed by atoms with E-state index in [0.717, 1.165) is 48.6 Å². The summed E-state index contributed by atoms with van der Waals surface area (Å²) < 4.78 is 10.5. The molecule has 0 N–H and O–H groups in total. The van der Waals surface area contributed by atoms with E-state index in [2.05, 4.69) is 42.7 Å². The van der Waals surface area contributed by atoms with Crippen molar-refractivity contribution in [3.8, 4) is 33.7 Å². The summed E-state index contributed by atoms with van der Waals surface area (Å²) in [4.78, 5) is 30.9. The zero-order valence-electron chi connectivity index (χ0n) is 23.9. The first-order valence-corrected chi connectivity index (χ1v) is 13.8. The predicted octanol–water partition coefficient (Wildman–Crippen LogP) is 4.79. The van der Waals surface area contributed by atoms with E-state index in [1.807, 2.05) is 18.2 Å². The first-order chi connectivity index (χ1) is 19.0. The summed E-state index contributed by atoms with van der Waals surface area (Å²) in [5, 5.41) is 0.416. The molecule has 40 heavy (non-hydrogen) atoms. The number of halogens is 1. The molecule has 210 valence electrons. The molecule has 1 saturated heterocycles. The van der Waals surface area contributed by atoms with E-state index in [1.54, 1.807) is 56.5 Å². The predicted molar refractivity (Wildman–Crippen MR) is 162 cm³/mol. The molecule has 1 aliphatic rings. The summed E-state index contributed by atoms with van der Waals surface area (Å²) in [6, 6.07) is 13.6. The number of rotatable bonds is 5. The van der Waals surface area contributed by atoms with Gasteiger partial charge >= 0.3 is 5.69 Å². The van der Waals surface area contributed by atoms with E-state index in [0.29, 0.717) is 22.0 Å². The minimum absolute atomic E-state index is 0.145. The Kier molecular flexibility index (Phi) is 7.42. The first kappa shape index (κ1) is 27.8. The van der Waals surface area contributed by atoms with Gasteiger partial charge in [-0.25, -0.2) is 4.79 Å². The maximum absolute atomic E-state index is 13.5. The van der Waals surface area contributed by atoms with Gasteiger partial charge in [0.25, 0.3) is 5.56 Å². The lowest BCUT2D eigenvalue weighted by Gasteiger charge is -2.43. The number of ether oxygens (including phenoxy) is 1. The van der Waals surface area contributed by atoms with Crippen molar-refractivity contribution < 1.29 is 4.74 Å². The summed E-state index contributed by atoms with van der Waals surface area (Å²) in [5.41, 5.74) is 4.29. The highest BCUT2D eigenvalue weighted by molar-refractivity contribution is 6.32. The molecule has 1 aliphatic heterocycles. The zero-order valence-corrected chi connectivity index (χ0v) is 24.7. The normalized spacial score (nSPS) is 14.5. The number of imidazole rings is 1. The topological polar surface area (TPSA) is 64.6 Å². The van der Waals surface area contributed by atoms with Crippen molar-refractivity contribution in [3.63, 3.8) is 0 Å². The van der Waals surface area contributed by atoms with Gasteiger partial charge in [0.1, 0.15) is 5.75 Å². The van der Waals surface area contributed by atoms with Crippen molar-refractivity contribution in [2.24, 2.45) is 14.1 Å². The maximum atomic E-state index is 13.5. The Labute approximate surface area is 239 Å². The van der Waals surface area contributed by atoms with Crippen molar-refractivity contribution >= 4 is 17.3 Å². The third-order valence-electron chi connectivity index (χ3n) is 7.73. The van der Waals surface area contributed by atoms with Gasteiger partial charge in [0, 0.05) is 75.7 Å². The molecule has 0 spiro atoms. The van der Waals surface area contributed by atoms with Crippen molar-refractivity contribution in [2.75, 3.05) is 38.2 Å². The lowest BCUT2D eigenvalue weighted by molar-refractivity contribution is 0.128. The molecule has 9 heteroatoms. The number of aryl methyl sites for hydroxylation is 2. The highest BCUT2D eigenvalue weighted by atomic mass is 35.5. The summed E-state index contributed by atoms with van der Waals surface area (Å²) in [5.74, 6) is 0.485. The molecule has 1 fully saturated rings. The molecule has 8 nitrogen and oxygen atoms in total. The standard InChI is InChI=1S/C31H36ClN5O3/c1-31(2,3)36-15-13-35(14-16-36)23-9-7-8-22(18-23)27-28(40-6)24(20-34(5)29(27)38)21-10-11-26(25(32)19-21)37-17-12-33(4)30(37)39/h7-12,17-20H,13-16H2,1-6H3. The Hall–Kier alpha value is -3.75. The Morgan fingerprint density at radius 2 is 1.60 bits per heavy atom. The molecule has 4 aromatic rings. The third kappa shape index (κ3) is 5.09. The van der Waals surface area contributed by atoms with Gasteiger partial charge in [0.05, 0.1) is 23.4 Å². The van der Waals surface area contributed by atoms with Crippen LogP contribution in [0.1, 0.15) is 20.8 Å². The van der Waals surface area contributed by atoms with Crippen LogP contribution in [-0.4, -0.2) is 57.4 Å². The second-order valence-electron chi connectivity index (χ2n) is 11.3. The van der Waals surface area contributed by atoms with Gasteiger partial charge in [0.2, 0.25) is 0 Å². The van der Waals surface area contributed by atoms with Crippen LogP contribution in [-0.2, 0) is 14.1 Å². The lowest BCUT2D eigenvalue weighted by atomic mass is 9.98. The highest BCUT2D eigenvalue weighted by Gasteiger charge is 2.26. The first-order valence-electron chi connectivity index (χ1n) is 13.4. The average Bonchev–Trinajstić information content (AvgIpc) is 3.26. The van der Waals surface area contributed by atoms with Gasteiger partial charge in [0.15, 0.2) is 0 Å². The van der Waals surface area contributed by atoms with Crippen molar-refractivity contribution in [1.29, 1.82) is 0 Å². The van der Waals surface area contributed by atoms with Gasteiger partial charge < -0.3 is 18.8 Å². The Bertz CT molecular complexity index is 1670. The molecule has 5 rings (SSSR count). The number of piperazine rings is 1. The number of benzene rings is 2. The zero-order chi connectivity index (χ0) is 28.8. The highest BCUT2D eigenvalue weighted by Crippen LogP contribution is 2.39. The molecule has 0 saturated carbocycles. The van der Waals surface area contributed by atoms with Crippen LogP contribution in [0.5, 0.6) is 5.75 Å². The van der Waals surface area contributed by atoms with Gasteiger partial charge in [-0.2, -0.15) is 0 Å². The Morgan fingerprint density at radius 1 is 0.875 bits per heavy atom. The maximum Gasteiger partial charge on any atom is 0.332 e. The van der Waals surface area contributed by atoms with E-state index < -0.39 is 0 Å². The van der Waals surface area contributed by atoms with Crippen LogP contribution in [0, 0.1) is 0 Å². The number of hydrogen-bond acceptors (Lipinski definition) is 5. The molecular weight excluding hydrogens is 526 g/mol. The van der Waals surface area contributed by atoms with Crippen molar-refractivity contribution in [3.05, 3.63) is 86.9 Å². The quantitative estimate of drug-likeness (QED) is 0.350. The number of nitrogens with zero attached hydrogens (tertiary/aromatic N) is 5. The molecule has 3 heterocycles. The van der Waals surface area contributed by atoms with E-state index in [1.165, 1.54) is 9.13 Å². The summed E-state index contributed by atoms with van der Waals surface area (Å²) in [6.45, 7) is 10.6. The lowest BCUT2D eigenvalue weighted by Crippen LogP contribution is -2.53. The van der Waals surface area contributed by atoms with Gasteiger partial charge in [-0.05, 0) is 56.2 Å². The SMILES string of the molecule is COc1c(-c2ccc(-n3ccn(C)c3=O)c(Cl)c2)cn(C)c(=O)c1-c1cccc(N2CCN(C(C)(C)C)CC2)c1. The van der Waals surface area contributed by atoms with Crippen molar-refractivity contribution in [1.82, 2.24) is 18.6 Å². The van der Waals surface area contributed by atoms with Gasteiger partial charge in [-0.3, -0.25) is 14.3 Å². The number of pyridine rings is 1. The van der Waals surface area contributed by atoms with Crippen LogP contribution in [0.2, 0.25) is 5.02 Å². The van der Waals surface area contributed by atoms with Crippen LogP contribution in [0.3, 0.4) is 0 Å². The Balaban J connectivity index is 1.55. The largest absolute Gasteiger partial charge is 0.495 e. The molecule has 2 aromatic carbocycles. The fraction of sp³-hybridized carbons (Fsp3) is 0.355. The average molecular weight is 562 g/mol. The number of hydrogen-bond donors (Lipinski definition) is 0. The second kappa shape index (κ2) is 10.7. The molecular formula is C31H36ClN5O3. The monoisotopic (exact) mass is 561 g/mol. The van der Waals surface area contributed by atoms with Crippen molar-refractivity contribution in [2.45, 2.75) is 26.3 Å². The number of anilines is 1. The van der Waals surface area contributed by atoms with E-state index in [4.69, 9.17) is 16.3 Å². The fourth-order valence-corrected chi connectivity index (χ4v) is 5.67. The summed E-state index contributed by atoms with van der Waals surface area (Å²) >= 11 is 6.68. The minimum atomic E-state index is -0.184. The third-order valence-corrected chi connectivity index (χ3v) is 8.03. The molecule has 0 radical (unpaired) electrons.